The number of phenolic OH excluding ortho intramolecular Hbond substituents is 2. The van der Waals surface area contributed by atoms with Crippen molar-refractivity contribution in [3.05, 3.63) is 156 Å². The van der Waals surface area contributed by atoms with E-state index in [-0.39, 0.29) is 31.8 Å². The number of hydrogen-bond donors (Lipinski definition) is 2. The van der Waals surface area contributed by atoms with Gasteiger partial charge < -0.3 is 19.3 Å². The standard InChI is InChI=1S/C36H26Cl2O4P2/c37-29-21-23-31(43(41,25-13-5-1-6-14-25)26-15-7-2-8-16-26)33(35(29)39)34-32(24-22-30(38)36(34)40)44(42,27-17-9-3-10-18-27)28-19-11-4-12-20-28/h1-24,39-40H. The molecule has 2 N–H and O–H groups in total. The average Bonchev–Trinajstić information content (AvgIpc) is 3.08. The summed E-state index contributed by atoms with van der Waals surface area (Å²) in [6.07, 6.45) is 0. The molecule has 6 aromatic carbocycles. The lowest BCUT2D eigenvalue weighted by atomic mass is 10.0. The zero-order valence-corrected chi connectivity index (χ0v) is 26.5. The lowest BCUT2D eigenvalue weighted by Crippen LogP contribution is -2.30. The Bertz CT molecular complexity index is 1820. The third-order valence-electron chi connectivity index (χ3n) is 7.62. The molecule has 6 rings (SSSR count). The smallest absolute Gasteiger partial charge is 0.171 e. The van der Waals surface area contributed by atoms with Gasteiger partial charge in [0.05, 0.1) is 10.0 Å². The summed E-state index contributed by atoms with van der Waals surface area (Å²) in [4.78, 5) is 0. The molecule has 0 unspecified atom stereocenters. The van der Waals surface area contributed by atoms with Crippen LogP contribution in [-0.2, 0) is 9.13 Å². The van der Waals surface area contributed by atoms with Crippen LogP contribution in [0.3, 0.4) is 0 Å². The van der Waals surface area contributed by atoms with E-state index in [9.17, 15) is 10.2 Å². The fourth-order valence-corrected chi connectivity index (χ4v) is 11.6. The molecule has 0 saturated carbocycles. The van der Waals surface area contributed by atoms with Gasteiger partial charge in [-0.05, 0) is 24.3 Å². The quantitative estimate of drug-likeness (QED) is 0.177. The summed E-state index contributed by atoms with van der Waals surface area (Å²) in [6, 6.07) is 41.9. The van der Waals surface area contributed by atoms with Crippen molar-refractivity contribution >= 4 is 69.3 Å². The molecule has 0 saturated heterocycles. The van der Waals surface area contributed by atoms with Crippen LogP contribution in [0.2, 0.25) is 10.0 Å². The summed E-state index contributed by atoms with van der Waals surface area (Å²) >= 11 is 13.1. The lowest BCUT2D eigenvalue weighted by molar-refractivity contribution is 0.470. The van der Waals surface area contributed by atoms with Gasteiger partial charge >= 0.3 is 0 Å². The fourth-order valence-electron chi connectivity index (χ4n) is 5.53. The average molecular weight is 655 g/mol. The van der Waals surface area contributed by atoms with E-state index in [2.05, 4.69) is 0 Å². The highest BCUT2D eigenvalue weighted by atomic mass is 35.5. The Morgan fingerprint density at radius 1 is 0.386 bits per heavy atom. The molecule has 218 valence electrons. The van der Waals surface area contributed by atoms with Crippen LogP contribution >= 0.6 is 37.5 Å². The Morgan fingerprint density at radius 3 is 0.886 bits per heavy atom. The predicted octanol–water partition coefficient (Wildman–Crippen LogP) is 7.35. The van der Waals surface area contributed by atoms with E-state index in [1.54, 1.807) is 109 Å². The first-order chi connectivity index (χ1) is 21.3. The molecular formula is C36H26Cl2O4P2. The highest BCUT2D eigenvalue weighted by molar-refractivity contribution is 7.86. The zero-order chi connectivity index (χ0) is 30.9. The predicted molar refractivity (Wildman–Crippen MR) is 184 cm³/mol. The van der Waals surface area contributed by atoms with Crippen molar-refractivity contribution < 1.29 is 19.3 Å². The van der Waals surface area contributed by atoms with Gasteiger partial charge in [-0.25, -0.2) is 0 Å². The first kappa shape index (κ1) is 30.0. The highest BCUT2D eigenvalue weighted by Gasteiger charge is 2.39. The first-order valence-electron chi connectivity index (χ1n) is 13.7. The summed E-state index contributed by atoms with van der Waals surface area (Å²) in [6.45, 7) is 0. The Hall–Kier alpha value is -4.04. The van der Waals surface area contributed by atoms with Gasteiger partial charge in [0, 0.05) is 43.0 Å². The van der Waals surface area contributed by atoms with E-state index >= 15 is 9.13 Å². The number of hydrogen-bond acceptors (Lipinski definition) is 4. The SMILES string of the molecule is O=P(c1ccccc1)(c1ccccc1)c1ccc(Cl)c(O)c1-c1c(P(=O)(c2ccccc2)c2ccccc2)ccc(Cl)c1O. The maximum Gasteiger partial charge on any atom is 0.171 e. The van der Waals surface area contributed by atoms with Crippen LogP contribution in [-0.4, -0.2) is 10.2 Å². The van der Waals surface area contributed by atoms with E-state index in [1.807, 2.05) is 24.3 Å². The van der Waals surface area contributed by atoms with Gasteiger partial charge in [-0.15, -0.1) is 0 Å². The minimum Gasteiger partial charge on any atom is -0.506 e. The van der Waals surface area contributed by atoms with Crippen LogP contribution < -0.4 is 31.8 Å². The van der Waals surface area contributed by atoms with Crippen LogP contribution in [0, 0.1) is 0 Å². The van der Waals surface area contributed by atoms with Crippen molar-refractivity contribution in [3.63, 3.8) is 0 Å². The van der Waals surface area contributed by atoms with Crippen LogP contribution in [0.15, 0.2) is 146 Å². The molecule has 0 spiro atoms. The van der Waals surface area contributed by atoms with Crippen LogP contribution in [0.25, 0.3) is 11.1 Å². The van der Waals surface area contributed by atoms with Crippen molar-refractivity contribution in [2.45, 2.75) is 0 Å². The molecule has 6 aromatic rings. The maximum atomic E-state index is 15.6. The molecule has 0 fully saturated rings. The third-order valence-corrected chi connectivity index (χ3v) is 14.4. The van der Waals surface area contributed by atoms with Gasteiger partial charge in [0.2, 0.25) is 0 Å². The molecule has 8 heteroatoms. The molecule has 44 heavy (non-hydrogen) atoms. The van der Waals surface area contributed by atoms with Crippen molar-refractivity contribution in [2.24, 2.45) is 0 Å². The van der Waals surface area contributed by atoms with Crippen LogP contribution in [0.5, 0.6) is 11.5 Å². The summed E-state index contributed by atoms with van der Waals surface area (Å²) in [5.41, 5.74) is -0.00810. The Kier molecular flexibility index (Phi) is 8.29. The van der Waals surface area contributed by atoms with Gasteiger partial charge in [-0.3, -0.25) is 0 Å². The second kappa shape index (κ2) is 12.2. The molecule has 4 nitrogen and oxygen atoms in total. The molecular weight excluding hydrogens is 629 g/mol. The highest BCUT2D eigenvalue weighted by Crippen LogP contribution is 2.54. The first-order valence-corrected chi connectivity index (χ1v) is 17.9. The van der Waals surface area contributed by atoms with E-state index in [0.717, 1.165) is 0 Å². The van der Waals surface area contributed by atoms with E-state index < -0.39 is 25.8 Å². The monoisotopic (exact) mass is 654 g/mol. The van der Waals surface area contributed by atoms with Gasteiger partial charge in [0.1, 0.15) is 11.5 Å². The molecule has 0 heterocycles. The van der Waals surface area contributed by atoms with Crippen molar-refractivity contribution in [3.8, 4) is 22.6 Å². The van der Waals surface area contributed by atoms with Gasteiger partial charge in [0.15, 0.2) is 14.3 Å². The lowest BCUT2D eigenvalue weighted by Gasteiger charge is -2.28. The van der Waals surface area contributed by atoms with E-state index in [0.29, 0.717) is 21.2 Å². The van der Waals surface area contributed by atoms with E-state index in [1.165, 1.54) is 12.1 Å². The van der Waals surface area contributed by atoms with Crippen molar-refractivity contribution in [1.82, 2.24) is 0 Å². The maximum absolute atomic E-state index is 15.6. The summed E-state index contributed by atoms with van der Waals surface area (Å²) in [7, 11) is -7.48. The van der Waals surface area contributed by atoms with Crippen molar-refractivity contribution in [2.75, 3.05) is 0 Å². The summed E-state index contributed by atoms with van der Waals surface area (Å²) in [5, 5.41) is 25.9. The molecule has 0 radical (unpaired) electrons. The molecule has 0 amide bonds. The van der Waals surface area contributed by atoms with Gasteiger partial charge in [0.25, 0.3) is 0 Å². The second-order valence-electron chi connectivity index (χ2n) is 10.1. The van der Waals surface area contributed by atoms with Crippen LogP contribution in [0.4, 0.5) is 0 Å². The number of phenols is 2. The molecule has 0 atom stereocenters. The Balaban J connectivity index is 1.78. The minimum absolute atomic E-state index is 0.00405. The zero-order valence-electron chi connectivity index (χ0n) is 23.2. The summed E-state index contributed by atoms with van der Waals surface area (Å²) < 4.78 is 31.3. The Morgan fingerprint density at radius 2 is 0.636 bits per heavy atom. The normalized spacial score (nSPS) is 11.8. The van der Waals surface area contributed by atoms with Crippen molar-refractivity contribution in [1.29, 1.82) is 0 Å². The number of halogens is 2. The molecule has 0 aliphatic rings. The Labute approximate surface area is 265 Å². The fraction of sp³-hybridized carbons (Fsp3) is 0. The second-order valence-corrected chi connectivity index (χ2v) is 16.4. The topological polar surface area (TPSA) is 74.6 Å². The van der Waals surface area contributed by atoms with Gasteiger partial charge in [-0.2, -0.15) is 0 Å². The summed E-state index contributed by atoms with van der Waals surface area (Å²) in [5.74, 6) is -0.828. The molecule has 0 bridgehead atoms. The molecule has 0 aromatic heterocycles. The largest absolute Gasteiger partial charge is 0.506 e. The van der Waals surface area contributed by atoms with Crippen LogP contribution in [0.1, 0.15) is 0 Å². The number of rotatable bonds is 7. The van der Waals surface area contributed by atoms with E-state index in [4.69, 9.17) is 23.2 Å². The minimum atomic E-state index is -3.74. The number of aromatic hydroxyl groups is 2. The van der Waals surface area contributed by atoms with Gasteiger partial charge in [-0.1, -0.05) is 145 Å². The molecule has 0 aliphatic heterocycles. The number of benzene rings is 6. The molecule has 0 aliphatic carbocycles. The third kappa shape index (κ3) is 4.99.